The summed E-state index contributed by atoms with van der Waals surface area (Å²) in [4.78, 5) is 0. The molecular formula is C50H98O7. The number of hydrogen-bond acceptors (Lipinski definition) is 7. The molecule has 0 aliphatic carbocycles. The van der Waals surface area contributed by atoms with Gasteiger partial charge in [-0.2, -0.15) is 0 Å². The van der Waals surface area contributed by atoms with Crippen molar-refractivity contribution in [1.29, 1.82) is 0 Å². The predicted octanol–water partition coefficient (Wildman–Crippen LogP) is 16.0. The smallest absolute Gasteiger partial charge is 0.162 e. The Labute approximate surface area is 355 Å². The lowest BCUT2D eigenvalue weighted by Gasteiger charge is -2.24. The second-order valence-corrected chi connectivity index (χ2v) is 16.3. The van der Waals surface area contributed by atoms with Crippen LogP contribution in [0, 0.1) is 0 Å². The van der Waals surface area contributed by atoms with E-state index in [4.69, 9.17) is 33.2 Å². The topological polar surface area (TPSA) is 64.6 Å². The summed E-state index contributed by atoms with van der Waals surface area (Å²) in [7, 11) is 0. The molecule has 0 saturated carbocycles. The van der Waals surface area contributed by atoms with Gasteiger partial charge in [-0.25, -0.2) is 0 Å². The van der Waals surface area contributed by atoms with Gasteiger partial charge in [0.25, 0.3) is 0 Å². The molecule has 0 aromatic heterocycles. The summed E-state index contributed by atoms with van der Waals surface area (Å²) in [6, 6.07) is 0. The Morgan fingerprint density at radius 2 is 0.579 bits per heavy atom. The predicted molar refractivity (Wildman–Crippen MR) is 242 cm³/mol. The van der Waals surface area contributed by atoms with Gasteiger partial charge in [0.15, 0.2) is 25.1 Å². The van der Waals surface area contributed by atoms with Crippen LogP contribution in [0.3, 0.4) is 0 Å². The average Bonchev–Trinajstić information content (AvgIpc) is 3.21. The molecule has 0 heterocycles. The maximum absolute atomic E-state index is 6.41. The lowest BCUT2D eigenvalue weighted by atomic mass is 10.0. The fourth-order valence-electron chi connectivity index (χ4n) is 6.75. The van der Waals surface area contributed by atoms with Crippen molar-refractivity contribution in [3.63, 3.8) is 0 Å². The van der Waals surface area contributed by atoms with Gasteiger partial charge >= 0.3 is 0 Å². The lowest BCUT2D eigenvalue weighted by Crippen LogP contribution is -2.22. The van der Waals surface area contributed by atoms with Crippen molar-refractivity contribution in [2.45, 2.75) is 260 Å². The molecule has 7 nitrogen and oxygen atoms in total. The summed E-state index contributed by atoms with van der Waals surface area (Å²) >= 11 is 0. The van der Waals surface area contributed by atoms with Crippen LogP contribution in [-0.4, -0.2) is 52.2 Å². The highest BCUT2D eigenvalue weighted by atomic mass is 16.7. The van der Waals surface area contributed by atoms with Gasteiger partial charge in [0, 0.05) is 12.8 Å². The number of rotatable bonds is 46. The van der Waals surface area contributed by atoms with Gasteiger partial charge in [-0.15, -0.1) is 0 Å². The Morgan fingerprint density at radius 1 is 0.316 bits per heavy atom. The van der Waals surface area contributed by atoms with Crippen LogP contribution in [0.1, 0.15) is 248 Å². The molecule has 0 aromatic rings. The highest BCUT2D eigenvalue weighted by Gasteiger charge is 2.21. The molecule has 2 atom stereocenters. The molecule has 0 spiro atoms. The van der Waals surface area contributed by atoms with Crippen molar-refractivity contribution in [3.8, 4) is 0 Å². The van der Waals surface area contributed by atoms with Crippen LogP contribution in [-0.2, 0) is 33.2 Å². The minimum atomic E-state index is -0.286. The molecule has 0 aliphatic heterocycles. The summed E-state index contributed by atoms with van der Waals surface area (Å²) in [6.45, 7) is 20.4. The first-order valence-electron chi connectivity index (χ1n) is 24.8. The van der Waals surface area contributed by atoms with E-state index in [1.165, 1.54) is 116 Å². The molecular weight excluding hydrogens is 713 g/mol. The third kappa shape index (κ3) is 34.0. The molecule has 0 aromatic carbocycles. The molecule has 57 heavy (non-hydrogen) atoms. The molecule has 0 saturated heterocycles. The van der Waals surface area contributed by atoms with Crippen LogP contribution in [0.5, 0.6) is 0 Å². The third-order valence-electron chi connectivity index (χ3n) is 10.7. The zero-order valence-electron chi connectivity index (χ0n) is 39.5. The average molecular weight is 811 g/mol. The molecule has 0 radical (unpaired) electrons. The van der Waals surface area contributed by atoms with Gasteiger partial charge in [-0.1, -0.05) is 183 Å². The van der Waals surface area contributed by atoms with Crippen LogP contribution < -0.4 is 0 Å². The van der Waals surface area contributed by atoms with E-state index in [2.05, 4.69) is 41.5 Å². The number of unbranched alkanes of at least 4 members (excludes halogenated alkanes) is 22. The Bertz CT molecular complexity index is 818. The normalized spacial score (nSPS) is 13.6. The van der Waals surface area contributed by atoms with Crippen molar-refractivity contribution in [1.82, 2.24) is 0 Å². The molecule has 2 unspecified atom stereocenters. The quantitative estimate of drug-likeness (QED) is 0.0345. The van der Waals surface area contributed by atoms with E-state index in [0.717, 1.165) is 100 Å². The van der Waals surface area contributed by atoms with Crippen molar-refractivity contribution in [2.75, 3.05) is 40.0 Å². The minimum Gasteiger partial charge on any atom is -0.494 e. The number of hydrogen-bond donors (Lipinski definition) is 0. The molecule has 0 N–H and O–H groups in total. The number of allylic oxidation sites excluding steroid dienone is 2. The molecule has 0 fully saturated rings. The van der Waals surface area contributed by atoms with Gasteiger partial charge in [0.1, 0.15) is 23.7 Å². The summed E-state index contributed by atoms with van der Waals surface area (Å²) in [5.41, 5.74) is 0. The van der Waals surface area contributed by atoms with E-state index in [1.54, 1.807) is 0 Å². The molecule has 0 bridgehead atoms. The standard InChI is InChI=1S/C50H98O7/c1-9-15-21-23-25-27-29-31-33-35-37-47(52-39-17-11-3)49(54-41-19-13-5)45(7)56-43-51-44-57-46(8)50(55-42-20-14-6)48(53-40-18-12-4)38-36-34-32-30-28-26-24-22-16-10-2/h45-46H,9-44H2,1-8H3. The van der Waals surface area contributed by atoms with E-state index in [1.807, 2.05) is 13.8 Å². The Kier molecular flexibility index (Phi) is 43.0. The summed E-state index contributed by atoms with van der Waals surface area (Å²) in [6.07, 6.45) is 35.9. The van der Waals surface area contributed by atoms with Crippen molar-refractivity contribution >= 4 is 0 Å². The van der Waals surface area contributed by atoms with Crippen molar-refractivity contribution < 1.29 is 33.2 Å². The summed E-state index contributed by atoms with van der Waals surface area (Å²) in [5, 5.41) is 0. The molecule has 0 aliphatic rings. The van der Waals surface area contributed by atoms with Gasteiger partial charge in [0.05, 0.1) is 26.4 Å². The van der Waals surface area contributed by atoms with Crippen LogP contribution in [0.4, 0.5) is 0 Å². The van der Waals surface area contributed by atoms with Gasteiger partial charge in [-0.3, -0.25) is 0 Å². The van der Waals surface area contributed by atoms with E-state index in [-0.39, 0.29) is 25.8 Å². The molecule has 0 amide bonds. The van der Waals surface area contributed by atoms with E-state index in [9.17, 15) is 0 Å². The van der Waals surface area contributed by atoms with Gasteiger partial charge in [0.2, 0.25) is 0 Å². The van der Waals surface area contributed by atoms with E-state index < -0.39 is 0 Å². The van der Waals surface area contributed by atoms with Gasteiger partial charge < -0.3 is 33.2 Å². The second kappa shape index (κ2) is 44.1. The molecule has 340 valence electrons. The SMILES string of the molecule is CCCCCCCCCCCCC(OCCCC)=C(OCCCC)C(C)OCOCOC(C)C(OCCCC)=C(CCCCCCCCCCCC)OCCCC. The largest absolute Gasteiger partial charge is 0.494 e. The first kappa shape index (κ1) is 55.6. The van der Waals surface area contributed by atoms with Crippen molar-refractivity contribution in [2.24, 2.45) is 0 Å². The first-order valence-corrected chi connectivity index (χ1v) is 24.8. The number of ether oxygens (including phenoxy) is 7. The highest BCUT2D eigenvalue weighted by molar-refractivity contribution is 5.08. The van der Waals surface area contributed by atoms with Crippen LogP contribution in [0.2, 0.25) is 0 Å². The third-order valence-corrected chi connectivity index (χ3v) is 10.7. The van der Waals surface area contributed by atoms with Crippen LogP contribution in [0.15, 0.2) is 23.0 Å². The Balaban J connectivity index is 5.35. The minimum absolute atomic E-state index is 0.100. The highest BCUT2D eigenvalue weighted by Crippen LogP contribution is 2.25. The maximum Gasteiger partial charge on any atom is 0.162 e. The van der Waals surface area contributed by atoms with E-state index in [0.29, 0.717) is 26.4 Å². The van der Waals surface area contributed by atoms with Crippen molar-refractivity contribution in [3.05, 3.63) is 23.0 Å². The Hall–Kier alpha value is -1.44. The fourth-order valence-corrected chi connectivity index (χ4v) is 6.75. The summed E-state index contributed by atoms with van der Waals surface area (Å²) < 4.78 is 44.0. The van der Waals surface area contributed by atoms with Crippen LogP contribution in [0.25, 0.3) is 0 Å². The van der Waals surface area contributed by atoms with Crippen LogP contribution >= 0.6 is 0 Å². The Morgan fingerprint density at radius 3 is 0.877 bits per heavy atom. The van der Waals surface area contributed by atoms with Gasteiger partial charge in [-0.05, 0) is 52.4 Å². The zero-order chi connectivity index (χ0) is 41.9. The summed E-state index contributed by atoms with van der Waals surface area (Å²) in [5.74, 6) is 3.55. The lowest BCUT2D eigenvalue weighted by molar-refractivity contribution is -0.160. The molecule has 7 heteroatoms. The van der Waals surface area contributed by atoms with E-state index >= 15 is 0 Å². The monoisotopic (exact) mass is 811 g/mol. The second-order valence-electron chi connectivity index (χ2n) is 16.3. The fraction of sp³-hybridized carbons (Fsp3) is 0.920. The molecule has 0 rings (SSSR count). The maximum atomic E-state index is 6.41. The first-order chi connectivity index (χ1) is 28.0. The zero-order valence-corrected chi connectivity index (χ0v) is 39.5.